The Bertz CT molecular complexity index is 245. The van der Waals surface area contributed by atoms with Crippen LogP contribution in [-0.4, -0.2) is 36.0 Å². The Kier molecular flexibility index (Phi) is 4.94. The zero-order valence-electron chi connectivity index (χ0n) is 9.12. The highest BCUT2D eigenvalue weighted by molar-refractivity contribution is 7.99. The SMILES string of the molecule is CCOC(=O)C(=O)NC1CCC(SC)C1. The third kappa shape index (κ3) is 3.74. The lowest BCUT2D eigenvalue weighted by molar-refractivity contribution is -0.154. The van der Waals surface area contributed by atoms with Gasteiger partial charge in [-0.2, -0.15) is 11.8 Å². The number of amides is 1. The Morgan fingerprint density at radius 3 is 2.73 bits per heavy atom. The normalized spacial score (nSPS) is 24.9. The minimum atomic E-state index is -0.773. The maximum absolute atomic E-state index is 11.3. The summed E-state index contributed by atoms with van der Waals surface area (Å²) in [6.45, 7) is 1.93. The standard InChI is InChI=1S/C10H17NO3S/c1-3-14-10(13)9(12)11-7-4-5-8(6-7)15-2/h7-8H,3-6H2,1-2H3,(H,11,12). The van der Waals surface area contributed by atoms with Crippen LogP contribution >= 0.6 is 11.8 Å². The van der Waals surface area contributed by atoms with Gasteiger partial charge in [-0.3, -0.25) is 4.79 Å². The van der Waals surface area contributed by atoms with E-state index in [-0.39, 0.29) is 12.6 Å². The van der Waals surface area contributed by atoms with Crippen LogP contribution in [0.1, 0.15) is 26.2 Å². The quantitative estimate of drug-likeness (QED) is 0.580. The maximum Gasteiger partial charge on any atom is 0.396 e. The Labute approximate surface area is 94.1 Å². The van der Waals surface area contributed by atoms with E-state index in [0.29, 0.717) is 5.25 Å². The van der Waals surface area contributed by atoms with Crippen molar-refractivity contribution in [3.8, 4) is 0 Å². The molecule has 0 saturated heterocycles. The second kappa shape index (κ2) is 6.00. The smallest absolute Gasteiger partial charge is 0.396 e. The number of esters is 1. The minimum Gasteiger partial charge on any atom is -0.459 e. The minimum absolute atomic E-state index is 0.138. The fraction of sp³-hybridized carbons (Fsp3) is 0.800. The molecule has 0 aromatic rings. The van der Waals surface area contributed by atoms with Gasteiger partial charge in [0.1, 0.15) is 0 Å². The fourth-order valence-electron chi connectivity index (χ4n) is 1.73. The summed E-state index contributed by atoms with van der Waals surface area (Å²) in [5, 5.41) is 3.31. The average molecular weight is 231 g/mol. The zero-order chi connectivity index (χ0) is 11.3. The first kappa shape index (κ1) is 12.4. The van der Waals surface area contributed by atoms with Crippen molar-refractivity contribution < 1.29 is 14.3 Å². The first-order valence-corrected chi connectivity index (χ1v) is 6.46. The predicted molar refractivity (Wildman–Crippen MR) is 59.7 cm³/mol. The number of rotatable bonds is 3. The van der Waals surface area contributed by atoms with E-state index in [0.717, 1.165) is 19.3 Å². The van der Waals surface area contributed by atoms with Gasteiger partial charge in [0, 0.05) is 11.3 Å². The van der Waals surface area contributed by atoms with Gasteiger partial charge in [-0.1, -0.05) is 0 Å². The molecule has 15 heavy (non-hydrogen) atoms. The molecule has 1 amide bonds. The van der Waals surface area contributed by atoms with Crippen molar-refractivity contribution in [2.75, 3.05) is 12.9 Å². The van der Waals surface area contributed by atoms with Gasteiger partial charge in [0.25, 0.3) is 0 Å². The number of ether oxygens (including phenoxy) is 1. The molecule has 1 aliphatic rings. The average Bonchev–Trinajstić information content (AvgIpc) is 2.66. The Morgan fingerprint density at radius 1 is 1.47 bits per heavy atom. The summed E-state index contributed by atoms with van der Waals surface area (Å²) in [6.07, 6.45) is 5.08. The van der Waals surface area contributed by atoms with E-state index in [1.54, 1.807) is 6.92 Å². The maximum atomic E-state index is 11.3. The lowest BCUT2D eigenvalue weighted by Crippen LogP contribution is -2.39. The van der Waals surface area contributed by atoms with Crippen LogP contribution in [0, 0.1) is 0 Å². The topological polar surface area (TPSA) is 55.4 Å². The molecule has 1 N–H and O–H groups in total. The second-order valence-corrected chi connectivity index (χ2v) is 4.70. The van der Waals surface area contributed by atoms with Gasteiger partial charge in [0.2, 0.25) is 0 Å². The van der Waals surface area contributed by atoms with Crippen LogP contribution in [0.2, 0.25) is 0 Å². The van der Waals surface area contributed by atoms with Gasteiger partial charge in [-0.05, 0) is 32.4 Å². The van der Waals surface area contributed by atoms with Crippen molar-refractivity contribution in [3.63, 3.8) is 0 Å². The van der Waals surface area contributed by atoms with Crippen LogP contribution in [0.5, 0.6) is 0 Å². The number of nitrogens with one attached hydrogen (secondary N) is 1. The Hall–Kier alpha value is -0.710. The highest BCUT2D eigenvalue weighted by atomic mass is 32.2. The van der Waals surface area contributed by atoms with E-state index in [2.05, 4.69) is 16.3 Å². The van der Waals surface area contributed by atoms with Gasteiger partial charge >= 0.3 is 11.9 Å². The molecule has 0 spiro atoms. The van der Waals surface area contributed by atoms with Crippen LogP contribution < -0.4 is 5.32 Å². The molecule has 0 radical (unpaired) electrons. The van der Waals surface area contributed by atoms with Gasteiger partial charge in [-0.15, -0.1) is 0 Å². The molecule has 0 aromatic carbocycles. The summed E-state index contributed by atoms with van der Waals surface area (Å²) < 4.78 is 4.61. The molecule has 2 unspecified atom stereocenters. The van der Waals surface area contributed by atoms with E-state index >= 15 is 0 Å². The summed E-state index contributed by atoms with van der Waals surface area (Å²) in [5.41, 5.74) is 0. The van der Waals surface area contributed by atoms with Crippen molar-refractivity contribution in [2.45, 2.75) is 37.5 Å². The van der Waals surface area contributed by atoms with Crippen LogP contribution in [0.25, 0.3) is 0 Å². The van der Waals surface area contributed by atoms with E-state index in [1.165, 1.54) is 0 Å². The summed E-state index contributed by atoms with van der Waals surface area (Å²) in [6, 6.07) is 0.138. The van der Waals surface area contributed by atoms with E-state index in [9.17, 15) is 9.59 Å². The molecular weight excluding hydrogens is 214 g/mol. The molecule has 1 fully saturated rings. The number of carbonyl (C=O) groups excluding carboxylic acids is 2. The lowest BCUT2D eigenvalue weighted by atomic mass is 10.2. The first-order chi connectivity index (χ1) is 7.17. The molecule has 5 heteroatoms. The molecule has 0 aliphatic heterocycles. The molecule has 0 bridgehead atoms. The number of carbonyl (C=O) groups is 2. The molecule has 2 atom stereocenters. The van der Waals surface area contributed by atoms with Crippen molar-refractivity contribution in [3.05, 3.63) is 0 Å². The van der Waals surface area contributed by atoms with Gasteiger partial charge in [0.15, 0.2) is 0 Å². The predicted octanol–water partition coefficient (Wildman–Crippen LogP) is 0.950. The van der Waals surface area contributed by atoms with Crippen LogP contribution in [0.3, 0.4) is 0 Å². The van der Waals surface area contributed by atoms with Crippen molar-refractivity contribution in [1.82, 2.24) is 5.32 Å². The number of hydrogen-bond acceptors (Lipinski definition) is 4. The monoisotopic (exact) mass is 231 g/mol. The van der Waals surface area contributed by atoms with E-state index in [4.69, 9.17) is 0 Å². The molecule has 1 saturated carbocycles. The van der Waals surface area contributed by atoms with Gasteiger partial charge < -0.3 is 10.1 Å². The Morgan fingerprint density at radius 2 is 2.20 bits per heavy atom. The van der Waals surface area contributed by atoms with Gasteiger partial charge in [-0.25, -0.2) is 4.79 Å². The van der Waals surface area contributed by atoms with Crippen LogP contribution in [0.4, 0.5) is 0 Å². The van der Waals surface area contributed by atoms with Crippen molar-refractivity contribution in [2.24, 2.45) is 0 Å². The highest BCUT2D eigenvalue weighted by Crippen LogP contribution is 2.27. The highest BCUT2D eigenvalue weighted by Gasteiger charge is 2.27. The molecule has 1 aliphatic carbocycles. The number of hydrogen-bond donors (Lipinski definition) is 1. The second-order valence-electron chi connectivity index (χ2n) is 3.56. The molecular formula is C10H17NO3S. The lowest BCUT2D eigenvalue weighted by Gasteiger charge is -2.11. The third-order valence-corrected chi connectivity index (χ3v) is 3.61. The van der Waals surface area contributed by atoms with Crippen LogP contribution in [-0.2, 0) is 14.3 Å². The molecule has 86 valence electrons. The number of thioether (sulfide) groups is 1. The summed E-state index contributed by atoms with van der Waals surface area (Å²) in [7, 11) is 0. The van der Waals surface area contributed by atoms with E-state index in [1.807, 2.05) is 11.8 Å². The first-order valence-electron chi connectivity index (χ1n) is 5.17. The van der Waals surface area contributed by atoms with Crippen molar-refractivity contribution >= 4 is 23.6 Å². The summed E-state index contributed by atoms with van der Waals surface area (Å²) in [5.74, 6) is -1.38. The van der Waals surface area contributed by atoms with E-state index < -0.39 is 11.9 Å². The van der Waals surface area contributed by atoms with Crippen molar-refractivity contribution in [1.29, 1.82) is 0 Å². The van der Waals surface area contributed by atoms with Crippen LogP contribution in [0.15, 0.2) is 0 Å². The van der Waals surface area contributed by atoms with Gasteiger partial charge in [0.05, 0.1) is 6.61 Å². The third-order valence-electron chi connectivity index (χ3n) is 2.51. The Balaban J connectivity index is 2.30. The molecule has 0 aromatic heterocycles. The largest absolute Gasteiger partial charge is 0.459 e. The fourth-order valence-corrected chi connectivity index (χ4v) is 2.52. The molecule has 0 heterocycles. The summed E-state index contributed by atoms with van der Waals surface area (Å²) in [4.78, 5) is 22.3. The zero-order valence-corrected chi connectivity index (χ0v) is 9.93. The molecule has 4 nitrogen and oxygen atoms in total. The summed E-state index contributed by atoms with van der Waals surface area (Å²) >= 11 is 1.81. The molecule has 1 rings (SSSR count).